The van der Waals surface area contributed by atoms with Crippen LogP contribution in [0.25, 0.3) is 6.08 Å². The highest BCUT2D eigenvalue weighted by Gasteiger charge is 2.33. The predicted octanol–water partition coefficient (Wildman–Crippen LogP) is -0.0926. The maximum absolute atomic E-state index is 11.8. The summed E-state index contributed by atoms with van der Waals surface area (Å²) in [6.07, 6.45) is -1.54. The van der Waals surface area contributed by atoms with Crippen LogP contribution < -0.4 is 0 Å². The van der Waals surface area contributed by atoms with Gasteiger partial charge in [-0.3, -0.25) is 33.8 Å². The zero-order valence-corrected chi connectivity index (χ0v) is 18.7. The normalized spacial score (nSPS) is 13.7. The van der Waals surface area contributed by atoms with E-state index in [9.17, 15) is 39.3 Å². The van der Waals surface area contributed by atoms with Crippen molar-refractivity contribution in [2.45, 2.75) is 31.0 Å². The summed E-state index contributed by atoms with van der Waals surface area (Å²) in [7, 11) is 0. The smallest absolute Gasteiger partial charge is 0.321 e. The number of carboxylic acids is 5. The molecule has 0 aliphatic rings. The van der Waals surface area contributed by atoms with Gasteiger partial charge in [0.1, 0.15) is 12.1 Å². The monoisotopic (exact) mass is 496 g/mol. The molecule has 0 aliphatic carbocycles. The van der Waals surface area contributed by atoms with E-state index in [2.05, 4.69) is 6.58 Å². The average Bonchev–Trinajstić information content (AvgIpc) is 2.76. The minimum absolute atomic E-state index is 0.376. The molecule has 1 aromatic carbocycles. The zero-order chi connectivity index (χ0) is 26.7. The van der Waals surface area contributed by atoms with Crippen molar-refractivity contribution in [3.63, 3.8) is 0 Å². The number of aliphatic hydroxyl groups is 1. The van der Waals surface area contributed by atoms with Crippen LogP contribution >= 0.6 is 0 Å². The third kappa shape index (κ3) is 9.92. The molecule has 0 fully saturated rings. The van der Waals surface area contributed by atoms with Gasteiger partial charge < -0.3 is 30.6 Å². The van der Waals surface area contributed by atoms with Gasteiger partial charge in [-0.1, -0.05) is 30.9 Å². The fourth-order valence-corrected chi connectivity index (χ4v) is 3.45. The van der Waals surface area contributed by atoms with Crippen LogP contribution in [0.3, 0.4) is 0 Å². The highest BCUT2D eigenvalue weighted by atomic mass is 16.4. The van der Waals surface area contributed by atoms with E-state index >= 15 is 0 Å². The van der Waals surface area contributed by atoms with Crippen LogP contribution in [-0.2, 0) is 24.0 Å². The Morgan fingerprint density at radius 2 is 1.34 bits per heavy atom. The van der Waals surface area contributed by atoms with Gasteiger partial charge in [0.05, 0.1) is 25.5 Å². The van der Waals surface area contributed by atoms with Crippen molar-refractivity contribution < 1.29 is 54.6 Å². The lowest BCUT2D eigenvalue weighted by Gasteiger charge is -2.33. The van der Waals surface area contributed by atoms with Crippen molar-refractivity contribution in [3.8, 4) is 0 Å². The number of hydrogen-bond acceptors (Lipinski definition) is 8. The van der Waals surface area contributed by atoms with Gasteiger partial charge in [-0.25, -0.2) is 0 Å². The highest BCUT2D eigenvalue weighted by Crippen LogP contribution is 2.19. The molecule has 0 aromatic heterocycles. The lowest BCUT2D eigenvalue weighted by Crippen LogP contribution is -2.51. The molecule has 3 unspecified atom stereocenters. The highest BCUT2D eigenvalue weighted by molar-refractivity contribution is 5.82. The molecule has 0 saturated heterocycles. The van der Waals surface area contributed by atoms with Gasteiger partial charge in [0.2, 0.25) is 0 Å². The lowest BCUT2D eigenvalue weighted by atomic mass is 10.0. The average molecular weight is 496 g/mol. The molecule has 0 bridgehead atoms. The van der Waals surface area contributed by atoms with Crippen LogP contribution in [0.15, 0.2) is 30.8 Å². The number of carbonyl (C=O) groups is 5. The number of rotatable bonds is 17. The van der Waals surface area contributed by atoms with E-state index in [1.807, 2.05) is 0 Å². The minimum atomic E-state index is -1.73. The maximum Gasteiger partial charge on any atom is 0.321 e. The van der Waals surface area contributed by atoms with Gasteiger partial charge in [0, 0.05) is 19.6 Å². The van der Waals surface area contributed by atoms with E-state index < -0.39 is 74.0 Å². The van der Waals surface area contributed by atoms with Crippen molar-refractivity contribution >= 4 is 35.9 Å². The molecule has 13 heteroatoms. The van der Waals surface area contributed by atoms with E-state index in [-0.39, 0.29) is 13.1 Å². The molecule has 3 atom stereocenters. The summed E-state index contributed by atoms with van der Waals surface area (Å²) in [5.74, 6) is -7.50. The molecule has 1 rings (SSSR count). The molecule has 6 N–H and O–H groups in total. The van der Waals surface area contributed by atoms with Crippen molar-refractivity contribution in [3.05, 3.63) is 42.0 Å². The molecule has 0 saturated carbocycles. The van der Waals surface area contributed by atoms with Crippen molar-refractivity contribution in [2.24, 2.45) is 0 Å². The number of aliphatic carboxylic acids is 5. The summed E-state index contributed by atoms with van der Waals surface area (Å²) in [6, 6.07) is 3.12. The molecule has 35 heavy (non-hydrogen) atoms. The van der Waals surface area contributed by atoms with Gasteiger partial charge >= 0.3 is 29.8 Å². The van der Waals surface area contributed by atoms with E-state index in [0.717, 1.165) is 9.80 Å². The van der Waals surface area contributed by atoms with E-state index in [4.69, 9.17) is 15.3 Å². The van der Waals surface area contributed by atoms with Crippen molar-refractivity contribution in [1.29, 1.82) is 0 Å². The Morgan fingerprint density at radius 1 is 0.829 bits per heavy atom. The third-order valence-electron chi connectivity index (χ3n) is 5.14. The maximum atomic E-state index is 11.8. The Morgan fingerprint density at radius 3 is 1.80 bits per heavy atom. The third-order valence-corrected chi connectivity index (χ3v) is 5.14. The zero-order valence-electron chi connectivity index (χ0n) is 18.7. The fourth-order valence-electron chi connectivity index (χ4n) is 3.45. The molecular formula is C22H28N2O11. The molecule has 192 valence electrons. The summed E-state index contributed by atoms with van der Waals surface area (Å²) in [4.78, 5) is 58.9. The summed E-state index contributed by atoms with van der Waals surface area (Å²) in [5.41, 5.74) is 1.04. The number of aliphatic hydroxyl groups excluding tert-OH is 1. The summed E-state index contributed by atoms with van der Waals surface area (Å²) in [5, 5.41) is 57.0. The fraction of sp³-hybridized carbons (Fsp3) is 0.409. The van der Waals surface area contributed by atoms with E-state index in [1.165, 1.54) is 6.08 Å². The first kappa shape index (κ1) is 29.2. The van der Waals surface area contributed by atoms with Gasteiger partial charge in [-0.05, 0) is 17.2 Å². The minimum Gasteiger partial charge on any atom is -0.481 e. The molecule has 0 aliphatic heterocycles. The first-order chi connectivity index (χ1) is 16.3. The molecular weight excluding hydrogens is 468 g/mol. The second-order valence-corrected chi connectivity index (χ2v) is 7.65. The Balaban J connectivity index is 3.26. The van der Waals surface area contributed by atoms with Gasteiger partial charge in [-0.2, -0.15) is 0 Å². The van der Waals surface area contributed by atoms with Crippen LogP contribution in [0.4, 0.5) is 0 Å². The molecule has 0 radical (unpaired) electrons. The Kier molecular flexibility index (Phi) is 11.5. The second kappa shape index (κ2) is 13.8. The summed E-state index contributed by atoms with van der Waals surface area (Å²) < 4.78 is 0. The largest absolute Gasteiger partial charge is 0.481 e. The Hall–Kier alpha value is -3.81. The molecule has 0 amide bonds. The standard InChI is InChI=1S/C22H28N2O11/c1-2-13-4-3-5-14(8-13)17(25)11-23(15(21(32)33)9-18(26)27)6-7-24(12-20(30)31)16(22(34)35)10-19(28)29/h2-5,8,15-17,25H,1,6-7,9-12H2,(H,26,27)(H,28,29)(H,30,31)(H,32,33)(H,34,35). The Labute approximate surface area is 200 Å². The molecule has 0 heterocycles. The number of nitrogens with zero attached hydrogens (tertiary/aromatic N) is 2. The molecule has 1 aromatic rings. The number of benzene rings is 1. The quantitative estimate of drug-likeness (QED) is 0.166. The van der Waals surface area contributed by atoms with Crippen LogP contribution in [-0.4, -0.2) is 109 Å². The van der Waals surface area contributed by atoms with Gasteiger partial charge in [0.25, 0.3) is 0 Å². The van der Waals surface area contributed by atoms with E-state index in [1.54, 1.807) is 24.3 Å². The van der Waals surface area contributed by atoms with Gasteiger partial charge in [0.15, 0.2) is 0 Å². The van der Waals surface area contributed by atoms with Gasteiger partial charge in [-0.15, -0.1) is 0 Å². The van der Waals surface area contributed by atoms with Crippen LogP contribution in [0.1, 0.15) is 30.1 Å². The molecule has 0 spiro atoms. The Bertz CT molecular complexity index is 949. The predicted molar refractivity (Wildman–Crippen MR) is 120 cm³/mol. The van der Waals surface area contributed by atoms with Crippen LogP contribution in [0.5, 0.6) is 0 Å². The van der Waals surface area contributed by atoms with Crippen LogP contribution in [0.2, 0.25) is 0 Å². The first-order valence-electron chi connectivity index (χ1n) is 10.3. The second-order valence-electron chi connectivity index (χ2n) is 7.65. The first-order valence-corrected chi connectivity index (χ1v) is 10.3. The van der Waals surface area contributed by atoms with Crippen molar-refractivity contribution in [2.75, 3.05) is 26.2 Å². The van der Waals surface area contributed by atoms with E-state index in [0.29, 0.717) is 11.1 Å². The SMILES string of the molecule is C=Cc1cccc(C(O)CN(CCN(CC(=O)O)C(CC(=O)O)C(=O)O)C(CC(=O)O)C(=O)O)c1. The van der Waals surface area contributed by atoms with Crippen LogP contribution in [0, 0.1) is 0 Å². The topological polar surface area (TPSA) is 213 Å². The van der Waals surface area contributed by atoms with Crippen molar-refractivity contribution in [1.82, 2.24) is 9.80 Å². The number of carboxylic acid groups (broad SMARTS) is 5. The number of hydrogen-bond donors (Lipinski definition) is 6. The molecule has 13 nitrogen and oxygen atoms in total. The summed E-state index contributed by atoms with van der Waals surface area (Å²) >= 11 is 0. The lowest BCUT2D eigenvalue weighted by molar-refractivity contribution is -0.153. The summed E-state index contributed by atoms with van der Waals surface area (Å²) in [6.45, 7) is 1.57.